The first kappa shape index (κ1) is 27.6. The fraction of sp³-hybridized carbons (Fsp3) is 0.296. The number of hydrogen-bond acceptors (Lipinski definition) is 7. The molecule has 5 rings (SSSR count). The van der Waals surface area contributed by atoms with Crippen molar-refractivity contribution >= 4 is 32.8 Å². The van der Waals surface area contributed by atoms with Crippen molar-refractivity contribution in [2.75, 3.05) is 25.5 Å². The minimum atomic E-state index is -4.46. The lowest BCUT2D eigenvalue weighted by Gasteiger charge is -2.22. The highest BCUT2D eigenvalue weighted by molar-refractivity contribution is 7.89. The molecular weight excluding hydrogens is 547 g/mol. The molecule has 9 nitrogen and oxygen atoms in total. The van der Waals surface area contributed by atoms with Gasteiger partial charge < -0.3 is 14.6 Å². The molecule has 1 amide bonds. The van der Waals surface area contributed by atoms with Crippen LogP contribution in [-0.4, -0.2) is 55.3 Å². The lowest BCUT2D eigenvalue weighted by Crippen LogP contribution is -2.45. The van der Waals surface area contributed by atoms with Gasteiger partial charge in [0.25, 0.3) is 10.0 Å². The third-order valence-corrected chi connectivity index (χ3v) is 8.36. The minimum absolute atomic E-state index is 0.0369. The second-order valence-electron chi connectivity index (χ2n) is 9.61. The molecule has 1 aliphatic heterocycles. The van der Waals surface area contributed by atoms with Crippen LogP contribution in [0.5, 0.6) is 0 Å². The smallest absolute Gasteiger partial charge is 0.416 e. The molecule has 1 saturated heterocycles. The molecule has 1 N–H and O–H groups in total. The van der Waals surface area contributed by atoms with Crippen LogP contribution in [0.25, 0.3) is 22.2 Å². The van der Waals surface area contributed by atoms with Gasteiger partial charge in [-0.15, -0.1) is 0 Å². The van der Waals surface area contributed by atoms with Crippen molar-refractivity contribution in [1.29, 1.82) is 0 Å². The van der Waals surface area contributed by atoms with E-state index in [2.05, 4.69) is 15.3 Å². The summed E-state index contributed by atoms with van der Waals surface area (Å²) in [5, 5.41) is 3.18. The van der Waals surface area contributed by atoms with Gasteiger partial charge in [0.2, 0.25) is 16.9 Å². The number of amides is 1. The molecule has 0 radical (unpaired) electrons. The van der Waals surface area contributed by atoms with E-state index in [1.54, 1.807) is 49.3 Å². The van der Waals surface area contributed by atoms with Crippen LogP contribution in [0.1, 0.15) is 24.1 Å². The number of nitrogens with zero attached hydrogens (tertiary/aromatic N) is 4. The molecule has 0 aliphatic carbocycles. The van der Waals surface area contributed by atoms with Gasteiger partial charge in [-0.1, -0.05) is 30.3 Å². The van der Waals surface area contributed by atoms with Crippen molar-refractivity contribution < 1.29 is 30.8 Å². The molecule has 210 valence electrons. The predicted octanol–water partition coefficient (Wildman–Crippen LogP) is 4.44. The summed E-state index contributed by atoms with van der Waals surface area (Å²) in [7, 11) is -0.627. The number of alkyl halides is 3. The molecular formula is C27H26F3N5O4S. The van der Waals surface area contributed by atoms with E-state index in [4.69, 9.17) is 4.42 Å². The van der Waals surface area contributed by atoms with E-state index in [0.29, 0.717) is 46.7 Å². The number of fused-ring (bicyclic) bond motifs is 1. The van der Waals surface area contributed by atoms with E-state index in [9.17, 15) is 26.4 Å². The molecule has 1 aliphatic rings. The summed E-state index contributed by atoms with van der Waals surface area (Å²) < 4.78 is 72.4. The summed E-state index contributed by atoms with van der Waals surface area (Å²) in [5.74, 6) is -0.185. The Hall–Kier alpha value is -3.97. The van der Waals surface area contributed by atoms with Crippen LogP contribution in [0.4, 0.5) is 19.1 Å². The van der Waals surface area contributed by atoms with E-state index in [-0.39, 0.29) is 18.2 Å². The van der Waals surface area contributed by atoms with Crippen LogP contribution >= 0.6 is 0 Å². The molecule has 2 aromatic carbocycles. The molecule has 40 heavy (non-hydrogen) atoms. The number of hydrogen-bond donors (Lipinski definition) is 1. The largest absolute Gasteiger partial charge is 0.443 e. The molecule has 1 fully saturated rings. The first-order chi connectivity index (χ1) is 18.9. The van der Waals surface area contributed by atoms with E-state index < -0.39 is 33.7 Å². The summed E-state index contributed by atoms with van der Waals surface area (Å²) in [5.41, 5.74) is 0.901. The quantitative estimate of drug-likeness (QED) is 0.348. The van der Waals surface area contributed by atoms with Crippen LogP contribution in [0.3, 0.4) is 0 Å². The highest BCUT2D eigenvalue weighted by Gasteiger charge is 2.41. The number of rotatable bonds is 7. The van der Waals surface area contributed by atoms with Gasteiger partial charge in [-0.25, -0.2) is 18.4 Å². The number of benzene rings is 2. The average Bonchev–Trinajstić information content (AvgIpc) is 3.60. The fourth-order valence-corrected chi connectivity index (χ4v) is 6.15. The lowest BCUT2D eigenvalue weighted by atomic mass is 10.1. The van der Waals surface area contributed by atoms with Gasteiger partial charge in [0.05, 0.1) is 23.5 Å². The number of carbonyl (C=O) groups is 1. The zero-order chi connectivity index (χ0) is 28.7. The highest BCUT2D eigenvalue weighted by atomic mass is 32.2. The maximum Gasteiger partial charge on any atom is 0.416 e. The molecule has 0 spiro atoms. The number of furan rings is 1. The van der Waals surface area contributed by atoms with Crippen LogP contribution < -0.4 is 10.2 Å². The third kappa shape index (κ3) is 5.52. The Balaban J connectivity index is 1.34. The summed E-state index contributed by atoms with van der Waals surface area (Å²) >= 11 is 0. The SMILES string of the molecule is CN(C)c1nc(CNC(=O)[C@@H]2CCCN2S(=O)(=O)c2cc3ccccc3o2)cc(-c2ccc(C(F)(F)F)cc2)n1. The minimum Gasteiger partial charge on any atom is -0.443 e. The van der Waals surface area contributed by atoms with Crippen molar-refractivity contribution in [2.45, 2.75) is 36.7 Å². The first-order valence-electron chi connectivity index (χ1n) is 12.4. The number of nitrogens with one attached hydrogen (secondary N) is 1. The standard InChI is InChI=1S/C27H26F3N5O4S/c1-34(2)26-32-20(15-21(33-26)17-9-11-19(12-10-17)27(28,29)30)16-31-25(36)22-7-5-13-35(22)40(37,38)24-14-18-6-3-4-8-23(18)39-24/h3-4,6,8-12,14-15,22H,5,7,13,16H2,1-2H3,(H,31,36)/t22-/m0/s1. The van der Waals surface area contributed by atoms with Crippen molar-refractivity contribution in [1.82, 2.24) is 19.6 Å². The van der Waals surface area contributed by atoms with Gasteiger partial charge >= 0.3 is 6.18 Å². The summed E-state index contributed by atoms with van der Waals surface area (Å²) in [6.45, 7) is 0.138. The molecule has 13 heteroatoms. The lowest BCUT2D eigenvalue weighted by molar-refractivity contribution is -0.137. The maximum atomic E-state index is 13.4. The topological polar surface area (TPSA) is 109 Å². The molecule has 0 unspecified atom stereocenters. The number of sulfonamides is 1. The third-order valence-electron chi connectivity index (χ3n) is 6.59. The van der Waals surface area contributed by atoms with Gasteiger partial charge in [0.15, 0.2) is 0 Å². The van der Waals surface area contributed by atoms with Crippen LogP contribution in [0, 0.1) is 0 Å². The van der Waals surface area contributed by atoms with Gasteiger partial charge in [-0.2, -0.15) is 17.5 Å². The Morgan fingerprint density at radius 2 is 1.82 bits per heavy atom. The molecule has 2 aromatic heterocycles. The molecule has 3 heterocycles. The van der Waals surface area contributed by atoms with Crippen LogP contribution in [-0.2, 0) is 27.5 Å². The molecule has 4 aromatic rings. The van der Waals surface area contributed by atoms with Crippen molar-refractivity contribution in [2.24, 2.45) is 0 Å². The molecule has 0 bridgehead atoms. The van der Waals surface area contributed by atoms with E-state index >= 15 is 0 Å². The van der Waals surface area contributed by atoms with Gasteiger partial charge in [-0.05, 0) is 37.1 Å². The number of para-hydroxylation sites is 1. The van der Waals surface area contributed by atoms with Crippen molar-refractivity contribution in [3.63, 3.8) is 0 Å². The Morgan fingerprint density at radius 1 is 1.10 bits per heavy atom. The second-order valence-corrected chi connectivity index (χ2v) is 11.4. The average molecular weight is 574 g/mol. The van der Waals surface area contributed by atoms with Crippen molar-refractivity contribution in [3.05, 3.63) is 71.9 Å². The predicted molar refractivity (Wildman–Crippen MR) is 142 cm³/mol. The first-order valence-corrected chi connectivity index (χ1v) is 13.9. The van der Waals surface area contributed by atoms with Gasteiger partial charge in [-0.3, -0.25) is 4.79 Å². The fourth-order valence-electron chi connectivity index (χ4n) is 4.54. The number of aromatic nitrogens is 2. The number of carbonyl (C=O) groups excluding carboxylic acids is 1. The molecule has 1 atom stereocenters. The number of halogens is 3. The Labute approximate surface area is 228 Å². The second kappa shape index (κ2) is 10.5. The van der Waals surface area contributed by atoms with E-state index in [1.165, 1.54) is 18.2 Å². The number of anilines is 1. The van der Waals surface area contributed by atoms with Crippen LogP contribution in [0.2, 0.25) is 0 Å². The Bertz CT molecular complexity index is 1620. The Morgan fingerprint density at radius 3 is 2.50 bits per heavy atom. The summed E-state index contributed by atoms with van der Waals surface area (Å²) in [6.07, 6.45) is -3.61. The summed E-state index contributed by atoms with van der Waals surface area (Å²) in [4.78, 5) is 23.7. The zero-order valence-electron chi connectivity index (χ0n) is 21.6. The summed E-state index contributed by atoms with van der Waals surface area (Å²) in [6, 6.07) is 13.6. The maximum absolute atomic E-state index is 13.4. The molecule has 0 saturated carbocycles. The Kier molecular flexibility index (Phi) is 7.27. The van der Waals surface area contributed by atoms with Gasteiger partial charge in [0.1, 0.15) is 11.6 Å². The van der Waals surface area contributed by atoms with Crippen molar-refractivity contribution in [3.8, 4) is 11.3 Å². The monoisotopic (exact) mass is 573 g/mol. The van der Waals surface area contributed by atoms with E-state index in [1.807, 2.05) is 0 Å². The van der Waals surface area contributed by atoms with Crippen LogP contribution in [0.15, 0.2) is 70.2 Å². The zero-order valence-corrected chi connectivity index (χ0v) is 22.5. The van der Waals surface area contributed by atoms with E-state index in [0.717, 1.165) is 16.4 Å². The van der Waals surface area contributed by atoms with Gasteiger partial charge in [0, 0.05) is 37.7 Å². The highest BCUT2D eigenvalue weighted by Crippen LogP contribution is 2.32. The normalized spacial score (nSPS) is 16.4.